The fraction of sp³-hybridized carbons (Fsp3) is 0. The normalized spacial score (nSPS) is 11.3. The molecule has 3 heterocycles. The molecule has 0 atom stereocenters. The van der Waals surface area contributed by atoms with Crippen molar-refractivity contribution in [2.24, 2.45) is 0 Å². The van der Waals surface area contributed by atoms with Gasteiger partial charge in [-0.1, -0.05) is 212 Å². The maximum Gasteiger partial charge on any atom is 0.164 e. The minimum Gasteiger partial charge on any atom is -0.247 e. The van der Waals surface area contributed by atoms with Crippen molar-refractivity contribution in [1.82, 2.24) is 19.9 Å². The van der Waals surface area contributed by atoms with Gasteiger partial charge >= 0.3 is 0 Å². The molecule has 11 aromatic rings. The lowest BCUT2D eigenvalue weighted by molar-refractivity contribution is 1.07. The number of para-hydroxylation sites is 1. The molecule has 3 aromatic heterocycles. The van der Waals surface area contributed by atoms with Crippen molar-refractivity contribution in [3.63, 3.8) is 0 Å². The zero-order valence-electron chi connectivity index (χ0n) is 33.0. The van der Waals surface area contributed by atoms with Crippen molar-refractivity contribution in [3.8, 4) is 89.2 Å². The zero-order valence-corrected chi connectivity index (χ0v) is 33.8. The van der Waals surface area contributed by atoms with Crippen LogP contribution in [0.15, 0.2) is 218 Å². The summed E-state index contributed by atoms with van der Waals surface area (Å²) in [6.45, 7) is 0. The van der Waals surface area contributed by atoms with Gasteiger partial charge in [-0.2, -0.15) is 0 Å². The number of hydrogen-bond acceptors (Lipinski definition) is 5. The number of rotatable bonds is 8. The molecule has 5 heteroatoms. The molecule has 11 rings (SSSR count). The minimum atomic E-state index is 0.606. The van der Waals surface area contributed by atoms with E-state index in [1.165, 1.54) is 26.3 Å². The number of pyridine rings is 1. The van der Waals surface area contributed by atoms with E-state index >= 15 is 0 Å². The summed E-state index contributed by atoms with van der Waals surface area (Å²) in [5, 5.41) is 2.31. The van der Waals surface area contributed by atoms with Crippen LogP contribution in [0.4, 0.5) is 0 Å². The van der Waals surface area contributed by atoms with Crippen LogP contribution in [0.5, 0.6) is 0 Å². The monoisotopic (exact) mass is 796 g/mol. The average molecular weight is 797 g/mol. The minimum absolute atomic E-state index is 0.606. The molecule has 0 N–H and O–H groups in total. The molecular formula is C56H36N4S. The highest BCUT2D eigenvalue weighted by Crippen LogP contribution is 2.50. The predicted molar refractivity (Wildman–Crippen MR) is 254 cm³/mol. The summed E-state index contributed by atoms with van der Waals surface area (Å²) in [4.78, 5) is 21.9. The summed E-state index contributed by atoms with van der Waals surface area (Å²) in [6, 6.07) is 76.2. The van der Waals surface area contributed by atoms with E-state index in [4.69, 9.17) is 19.9 Å². The van der Waals surface area contributed by atoms with E-state index in [1.807, 2.05) is 23.5 Å². The predicted octanol–water partition coefficient (Wildman–Crippen LogP) is 15.0. The van der Waals surface area contributed by atoms with Crippen molar-refractivity contribution in [1.29, 1.82) is 0 Å². The highest BCUT2D eigenvalue weighted by Gasteiger charge is 2.23. The van der Waals surface area contributed by atoms with Crippen LogP contribution < -0.4 is 0 Å². The molecule has 0 fully saturated rings. The molecule has 0 aliphatic carbocycles. The first kappa shape index (κ1) is 36.2. The van der Waals surface area contributed by atoms with Crippen LogP contribution >= 0.6 is 11.3 Å². The smallest absolute Gasteiger partial charge is 0.164 e. The van der Waals surface area contributed by atoms with Crippen LogP contribution in [0.2, 0.25) is 0 Å². The molecule has 0 bridgehead atoms. The van der Waals surface area contributed by atoms with Gasteiger partial charge < -0.3 is 0 Å². The molecule has 61 heavy (non-hydrogen) atoms. The largest absolute Gasteiger partial charge is 0.247 e. The highest BCUT2D eigenvalue weighted by molar-refractivity contribution is 7.24. The molecule has 0 radical (unpaired) electrons. The van der Waals surface area contributed by atoms with Gasteiger partial charge in [0, 0.05) is 48.2 Å². The van der Waals surface area contributed by atoms with E-state index in [1.54, 1.807) is 0 Å². The quantitative estimate of drug-likeness (QED) is 0.154. The first-order valence-electron chi connectivity index (χ1n) is 20.4. The van der Waals surface area contributed by atoms with Crippen LogP contribution in [-0.4, -0.2) is 19.9 Å². The van der Waals surface area contributed by atoms with Gasteiger partial charge in [0.05, 0.1) is 11.2 Å². The molecule has 0 aliphatic heterocycles. The van der Waals surface area contributed by atoms with Gasteiger partial charge in [-0.25, -0.2) is 19.9 Å². The molecule has 0 aliphatic rings. The van der Waals surface area contributed by atoms with Crippen molar-refractivity contribution >= 4 is 32.3 Å². The lowest BCUT2D eigenvalue weighted by Crippen LogP contribution is -2.00. The van der Waals surface area contributed by atoms with E-state index < -0.39 is 0 Å². The van der Waals surface area contributed by atoms with Gasteiger partial charge in [-0.3, -0.25) is 0 Å². The summed E-state index contributed by atoms with van der Waals surface area (Å²) in [7, 11) is 0. The Kier molecular flexibility index (Phi) is 9.34. The lowest BCUT2D eigenvalue weighted by atomic mass is 9.94. The first-order chi connectivity index (χ1) is 30.2. The third kappa shape index (κ3) is 6.97. The van der Waals surface area contributed by atoms with Crippen LogP contribution in [0, 0.1) is 0 Å². The Morgan fingerprint density at radius 3 is 1.11 bits per heavy atom. The Labute approximate surface area is 358 Å². The molecule has 0 saturated heterocycles. The molecular weight excluding hydrogens is 761 g/mol. The van der Waals surface area contributed by atoms with E-state index in [9.17, 15) is 0 Å². The van der Waals surface area contributed by atoms with E-state index in [0.29, 0.717) is 17.5 Å². The number of hydrogen-bond donors (Lipinski definition) is 0. The number of aromatic nitrogens is 4. The van der Waals surface area contributed by atoms with E-state index in [0.717, 1.165) is 66.5 Å². The number of fused-ring (bicyclic) bond motifs is 3. The average Bonchev–Trinajstić information content (AvgIpc) is 3.76. The van der Waals surface area contributed by atoms with Gasteiger partial charge in [0.25, 0.3) is 0 Å². The van der Waals surface area contributed by atoms with Crippen LogP contribution in [-0.2, 0) is 0 Å². The molecule has 0 saturated carbocycles. The third-order valence-electron chi connectivity index (χ3n) is 11.2. The summed E-state index contributed by atoms with van der Waals surface area (Å²) >= 11 is 1.84. The van der Waals surface area contributed by atoms with E-state index in [2.05, 4.69) is 206 Å². The molecule has 8 aromatic carbocycles. The topological polar surface area (TPSA) is 51.6 Å². The van der Waals surface area contributed by atoms with Crippen molar-refractivity contribution in [2.75, 3.05) is 0 Å². The van der Waals surface area contributed by atoms with Gasteiger partial charge in [-0.05, 0) is 39.4 Å². The summed E-state index contributed by atoms with van der Waals surface area (Å²) in [6.07, 6.45) is 0. The summed E-state index contributed by atoms with van der Waals surface area (Å²) in [5.74, 6) is 1.84. The number of benzene rings is 8. The third-order valence-corrected chi connectivity index (χ3v) is 12.4. The summed E-state index contributed by atoms with van der Waals surface area (Å²) in [5.41, 5.74) is 13.9. The van der Waals surface area contributed by atoms with E-state index in [-0.39, 0.29) is 0 Å². The number of thiophene rings is 1. The highest BCUT2D eigenvalue weighted by atomic mass is 32.1. The first-order valence-corrected chi connectivity index (χ1v) is 21.2. The molecule has 0 spiro atoms. The Morgan fingerprint density at radius 1 is 0.279 bits per heavy atom. The fourth-order valence-electron chi connectivity index (χ4n) is 8.09. The second-order valence-electron chi connectivity index (χ2n) is 15.0. The standard InChI is InChI=1S/C56H36N4S/c1-5-15-37(16-6-1)39-25-31-44(32-26-39)54-58-55(45-33-27-40(28-34-45)38-17-7-2-8-18-38)60-56(59-54)46-35-29-42(30-36-46)51-50-49(41-19-9-3-10-20-41)52(43-21-11-4-12-22-43)61-53(50)47-23-13-14-24-48(47)57-51/h1-36H. The Hall–Kier alpha value is -7.86. The maximum atomic E-state index is 5.40. The van der Waals surface area contributed by atoms with Gasteiger partial charge in [-0.15, -0.1) is 11.3 Å². The Morgan fingerprint density at radius 2 is 0.639 bits per heavy atom. The van der Waals surface area contributed by atoms with Crippen molar-refractivity contribution < 1.29 is 0 Å². The maximum absolute atomic E-state index is 5.40. The second-order valence-corrected chi connectivity index (χ2v) is 16.0. The lowest BCUT2D eigenvalue weighted by Gasteiger charge is -2.12. The Bertz CT molecular complexity index is 3190. The Balaban J connectivity index is 1.05. The SMILES string of the molecule is c1ccc(-c2ccc(-c3nc(-c4ccc(-c5ccccc5)cc4)nc(-c4ccc(-c5nc6ccccc6c6sc(-c7ccccc7)c(-c7ccccc7)c56)cc4)n3)cc2)cc1. The van der Waals surface area contributed by atoms with Gasteiger partial charge in [0.15, 0.2) is 17.5 Å². The van der Waals surface area contributed by atoms with Gasteiger partial charge in [0.1, 0.15) is 0 Å². The number of nitrogens with zero attached hydrogens (tertiary/aromatic N) is 4. The van der Waals surface area contributed by atoms with Crippen molar-refractivity contribution in [2.45, 2.75) is 0 Å². The molecule has 4 nitrogen and oxygen atoms in total. The van der Waals surface area contributed by atoms with Crippen molar-refractivity contribution in [3.05, 3.63) is 218 Å². The molecule has 286 valence electrons. The fourth-order valence-corrected chi connectivity index (χ4v) is 9.46. The van der Waals surface area contributed by atoms with Crippen LogP contribution in [0.3, 0.4) is 0 Å². The van der Waals surface area contributed by atoms with Crippen LogP contribution in [0.1, 0.15) is 0 Å². The van der Waals surface area contributed by atoms with Gasteiger partial charge in [0.2, 0.25) is 0 Å². The molecule has 0 unspecified atom stereocenters. The molecule has 0 amide bonds. The van der Waals surface area contributed by atoms with Crippen LogP contribution in [0.25, 0.3) is 110 Å². The zero-order chi connectivity index (χ0) is 40.5. The summed E-state index contributed by atoms with van der Waals surface area (Å²) < 4.78 is 1.23. The second kappa shape index (κ2) is 15.7.